The Morgan fingerprint density at radius 1 is 0.351 bits per heavy atom. The molecule has 57 heavy (non-hydrogen) atoms. The molecule has 0 saturated carbocycles. The van der Waals surface area contributed by atoms with Crippen molar-refractivity contribution in [3.05, 3.63) is 212 Å². The smallest absolute Gasteiger partial charge is 0.145 e. The molecule has 0 aliphatic heterocycles. The van der Waals surface area contributed by atoms with Crippen LogP contribution in [0.15, 0.2) is 217 Å². The highest BCUT2D eigenvalue weighted by Crippen LogP contribution is 2.48. The van der Waals surface area contributed by atoms with Crippen molar-refractivity contribution in [2.24, 2.45) is 0 Å². The van der Waals surface area contributed by atoms with Crippen molar-refractivity contribution in [3.63, 3.8) is 0 Å². The second kappa shape index (κ2) is 13.8. The van der Waals surface area contributed by atoms with E-state index in [0.717, 1.165) is 55.7 Å². The van der Waals surface area contributed by atoms with Gasteiger partial charge < -0.3 is 9.32 Å². The summed E-state index contributed by atoms with van der Waals surface area (Å²) in [5, 5.41) is 4.76. The van der Waals surface area contributed by atoms with E-state index in [1.54, 1.807) is 0 Å². The Morgan fingerprint density at radius 3 is 1.58 bits per heavy atom. The van der Waals surface area contributed by atoms with Gasteiger partial charge in [-0.25, -0.2) is 0 Å². The lowest BCUT2D eigenvalue weighted by Gasteiger charge is -2.27. The number of rotatable bonds is 7. The molecule has 0 amide bonds. The van der Waals surface area contributed by atoms with Gasteiger partial charge in [0.1, 0.15) is 11.2 Å². The van der Waals surface area contributed by atoms with Crippen LogP contribution in [0, 0.1) is 0 Å². The summed E-state index contributed by atoms with van der Waals surface area (Å²) in [6.07, 6.45) is 0. The van der Waals surface area contributed by atoms with E-state index in [1.807, 2.05) is 11.3 Å². The first-order valence-corrected chi connectivity index (χ1v) is 20.2. The Kier molecular flexibility index (Phi) is 8.04. The number of para-hydroxylation sites is 1. The normalized spacial score (nSPS) is 11.5. The van der Waals surface area contributed by atoms with Crippen molar-refractivity contribution in [2.75, 3.05) is 4.90 Å². The summed E-state index contributed by atoms with van der Waals surface area (Å²) >= 11 is 1.84. The van der Waals surface area contributed by atoms with Gasteiger partial charge in [0.15, 0.2) is 0 Å². The SMILES string of the molecule is c1ccc(-c2ccccc2-c2ccccc2-c2ccc(N(c3ccc4c(c3)sc3ccccc34)c3ccc(-c4ccccc4)c4oc5ccccc5c34)cc2)cc1. The predicted molar refractivity (Wildman–Crippen MR) is 243 cm³/mol. The van der Waals surface area contributed by atoms with Crippen molar-refractivity contribution in [2.45, 2.75) is 0 Å². The van der Waals surface area contributed by atoms with Gasteiger partial charge in [0.2, 0.25) is 0 Å². The molecule has 0 N–H and O–H groups in total. The summed E-state index contributed by atoms with van der Waals surface area (Å²) < 4.78 is 9.31. The van der Waals surface area contributed by atoms with Crippen LogP contribution >= 0.6 is 11.3 Å². The van der Waals surface area contributed by atoms with Crippen LogP contribution in [0.3, 0.4) is 0 Å². The van der Waals surface area contributed by atoms with Crippen LogP contribution in [-0.2, 0) is 0 Å². The first-order valence-electron chi connectivity index (χ1n) is 19.3. The number of nitrogens with zero attached hydrogens (tertiary/aromatic N) is 1. The first-order chi connectivity index (χ1) is 28.3. The number of anilines is 3. The Hall–Kier alpha value is -7.20. The fourth-order valence-electron chi connectivity index (χ4n) is 8.47. The molecule has 0 radical (unpaired) electrons. The van der Waals surface area contributed by atoms with Crippen LogP contribution in [0.4, 0.5) is 17.1 Å². The average Bonchev–Trinajstić information content (AvgIpc) is 3.86. The lowest BCUT2D eigenvalue weighted by atomic mass is 9.89. The maximum Gasteiger partial charge on any atom is 0.145 e. The van der Waals surface area contributed by atoms with E-state index in [1.165, 1.54) is 48.0 Å². The third-order valence-electron chi connectivity index (χ3n) is 11.1. The Balaban J connectivity index is 1.10. The van der Waals surface area contributed by atoms with E-state index >= 15 is 0 Å². The highest BCUT2D eigenvalue weighted by molar-refractivity contribution is 7.25. The molecule has 2 nitrogen and oxygen atoms in total. The monoisotopic (exact) mass is 745 g/mol. The van der Waals surface area contributed by atoms with Crippen LogP contribution in [0.5, 0.6) is 0 Å². The standard InChI is InChI=1S/C54H35NOS/c1-3-15-36(16-4-1)41-19-7-9-21-44(41)45-22-10-8-20-42(45)38-27-29-39(30-28-38)55(40-31-32-47-46-23-12-14-26-51(46)57-52(47)35-40)49-34-33-43(37-17-5-2-6-18-37)54-53(49)48-24-11-13-25-50(48)56-54/h1-35H. The number of thiophene rings is 1. The molecule has 0 atom stereocenters. The van der Waals surface area contributed by atoms with Gasteiger partial charge in [0.25, 0.3) is 0 Å². The summed E-state index contributed by atoms with van der Waals surface area (Å²) in [5.74, 6) is 0. The third kappa shape index (κ3) is 5.71. The number of furan rings is 1. The van der Waals surface area contributed by atoms with Gasteiger partial charge in [-0.05, 0) is 87.5 Å². The van der Waals surface area contributed by atoms with Crippen LogP contribution in [0.1, 0.15) is 0 Å². The summed E-state index contributed by atoms with van der Waals surface area (Å²) in [5.41, 5.74) is 14.4. The number of fused-ring (bicyclic) bond motifs is 6. The van der Waals surface area contributed by atoms with E-state index in [4.69, 9.17) is 4.42 Å². The van der Waals surface area contributed by atoms with Crippen molar-refractivity contribution >= 4 is 70.5 Å². The van der Waals surface area contributed by atoms with Gasteiger partial charge in [-0.2, -0.15) is 0 Å². The summed E-state index contributed by atoms with van der Waals surface area (Å²) in [4.78, 5) is 2.41. The highest BCUT2D eigenvalue weighted by Gasteiger charge is 2.23. The van der Waals surface area contributed by atoms with Crippen LogP contribution < -0.4 is 4.90 Å². The summed E-state index contributed by atoms with van der Waals surface area (Å²) in [6, 6.07) is 76.3. The maximum atomic E-state index is 6.76. The third-order valence-corrected chi connectivity index (χ3v) is 12.2. The molecule has 0 bridgehead atoms. The largest absolute Gasteiger partial charge is 0.455 e. The van der Waals surface area contributed by atoms with Crippen LogP contribution in [0.2, 0.25) is 0 Å². The summed E-state index contributed by atoms with van der Waals surface area (Å²) in [7, 11) is 0. The van der Waals surface area contributed by atoms with E-state index in [-0.39, 0.29) is 0 Å². The lowest BCUT2D eigenvalue weighted by molar-refractivity contribution is 0.670. The molecule has 0 aliphatic rings. The van der Waals surface area contributed by atoms with E-state index in [9.17, 15) is 0 Å². The minimum Gasteiger partial charge on any atom is -0.455 e. The molecule has 0 aliphatic carbocycles. The maximum absolute atomic E-state index is 6.76. The zero-order valence-corrected chi connectivity index (χ0v) is 31.8. The molecular formula is C54H35NOS. The number of hydrogen-bond acceptors (Lipinski definition) is 3. The molecule has 9 aromatic carbocycles. The molecule has 2 aromatic heterocycles. The minimum atomic E-state index is 0.875. The highest BCUT2D eigenvalue weighted by atomic mass is 32.1. The van der Waals surface area contributed by atoms with Gasteiger partial charge in [-0.15, -0.1) is 11.3 Å². The molecule has 2 heterocycles. The van der Waals surface area contributed by atoms with E-state index < -0.39 is 0 Å². The average molecular weight is 746 g/mol. The Morgan fingerprint density at radius 2 is 0.877 bits per heavy atom. The lowest BCUT2D eigenvalue weighted by Crippen LogP contribution is -2.10. The fraction of sp³-hybridized carbons (Fsp3) is 0. The van der Waals surface area contributed by atoms with Gasteiger partial charge in [-0.1, -0.05) is 164 Å². The minimum absolute atomic E-state index is 0.875. The second-order valence-electron chi connectivity index (χ2n) is 14.4. The van der Waals surface area contributed by atoms with Crippen LogP contribution in [-0.4, -0.2) is 0 Å². The summed E-state index contributed by atoms with van der Waals surface area (Å²) in [6.45, 7) is 0. The van der Waals surface area contributed by atoms with Crippen molar-refractivity contribution in [1.29, 1.82) is 0 Å². The molecule has 3 heteroatoms. The molecule has 0 saturated heterocycles. The molecular weight excluding hydrogens is 711 g/mol. The molecule has 11 aromatic rings. The van der Waals surface area contributed by atoms with Gasteiger partial charge in [-0.3, -0.25) is 0 Å². The quantitative estimate of drug-likeness (QED) is 0.162. The van der Waals surface area contributed by atoms with E-state index in [2.05, 4.69) is 217 Å². The first kappa shape index (κ1) is 33.2. The molecule has 0 fully saturated rings. The topological polar surface area (TPSA) is 16.4 Å². The Bertz CT molecular complexity index is 3230. The zero-order valence-electron chi connectivity index (χ0n) is 31.0. The molecule has 0 spiro atoms. The fourth-order valence-corrected chi connectivity index (χ4v) is 9.61. The van der Waals surface area contributed by atoms with E-state index in [0.29, 0.717) is 0 Å². The number of hydrogen-bond donors (Lipinski definition) is 0. The zero-order chi connectivity index (χ0) is 37.7. The van der Waals surface area contributed by atoms with Gasteiger partial charge in [0.05, 0.1) is 11.1 Å². The number of benzene rings is 9. The second-order valence-corrected chi connectivity index (χ2v) is 15.5. The Labute approximate surface area is 335 Å². The van der Waals surface area contributed by atoms with Gasteiger partial charge in [0, 0.05) is 42.5 Å². The molecule has 0 unspecified atom stereocenters. The van der Waals surface area contributed by atoms with Crippen LogP contribution in [0.25, 0.3) is 86.6 Å². The predicted octanol–water partition coefficient (Wildman–Crippen LogP) is 16.1. The van der Waals surface area contributed by atoms with Crippen molar-refractivity contribution < 1.29 is 4.42 Å². The van der Waals surface area contributed by atoms with Crippen molar-refractivity contribution in [1.82, 2.24) is 0 Å². The van der Waals surface area contributed by atoms with Gasteiger partial charge >= 0.3 is 0 Å². The molecule has 11 rings (SSSR count). The molecule has 268 valence electrons. The van der Waals surface area contributed by atoms with Crippen molar-refractivity contribution in [3.8, 4) is 44.5 Å².